The Kier molecular flexibility index (Phi) is 8.00. The van der Waals surface area contributed by atoms with Gasteiger partial charge in [0.25, 0.3) is 0 Å². The smallest absolute Gasteiger partial charge is 0.418 e. The number of ether oxygens (including phenoxy) is 2. The van der Waals surface area contributed by atoms with Crippen LogP contribution in [0.1, 0.15) is 38.0 Å². The van der Waals surface area contributed by atoms with Crippen molar-refractivity contribution in [3.63, 3.8) is 0 Å². The maximum Gasteiger partial charge on any atom is 0.418 e. The average Bonchev–Trinajstić information content (AvgIpc) is 2.66. The van der Waals surface area contributed by atoms with E-state index in [1.54, 1.807) is 57.2 Å². The molecular formula is C22H23BrNO6. The number of rotatable bonds is 8. The minimum absolute atomic E-state index is 0.0772. The zero-order chi connectivity index (χ0) is 22.3. The van der Waals surface area contributed by atoms with Gasteiger partial charge in [-0.1, -0.05) is 40.2 Å². The Bertz CT molecular complexity index is 874. The summed E-state index contributed by atoms with van der Waals surface area (Å²) in [4.78, 5) is 36.5. The Morgan fingerprint density at radius 1 is 1.10 bits per heavy atom. The van der Waals surface area contributed by atoms with Crippen LogP contribution in [-0.4, -0.2) is 35.1 Å². The molecule has 0 heterocycles. The number of hydrogen-bond acceptors (Lipinski definition) is 6. The highest BCUT2D eigenvalue weighted by molar-refractivity contribution is 9.10. The highest BCUT2D eigenvalue weighted by atomic mass is 79.9. The molecule has 2 atom stereocenters. The first-order valence-electron chi connectivity index (χ1n) is 9.18. The van der Waals surface area contributed by atoms with Crippen molar-refractivity contribution < 1.29 is 29.0 Å². The molecule has 0 aliphatic rings. The van der Waals surface area contributed by atoms with Crippen LogP contribution in [-0.2, 0) is 25.5 Å². The van der Waals surface area contributed by atoms with Crippen molar-refractivity contribution in [3.8, 4) is 5.75 Å². The summed E-state index contributed by atoms with van der Waals surface area (Å²) in [6, 6.07) is 11.9. The van der Waals surface area contributed by atoms with Crippen LogP contribution in [0.4, 0.5) is 4.79 Å². The molecule has 0 saturated carbocycles. The number of hydrogen-bond donors (Lipinski definition) is 2. The quantitative estimate of drug-likeness (QED) is 0.597. The van der Waals surface area contributed by atoms with E-state index >= 15 is 0 Å². The minimum Gasteiger partial charge on any atom is -0.508 e. The van der Waals surface area contributed by atoms with E-state index in [0.717, 1.165) is 4.47 Å². The van der Waals surface area contributed by atoms with Crippen LogP contribution >= 0.6 is 15.9 Å². The van der Waals surface area contributed by atoms with E-state index in [1.807, 2.05) is 0 Å². The van der Waals surface area contributed by atoms with Gasteiger partial charge in [-0.15, -0.1) is 0 Å². The molecule has 0 fully saturated rings. The lowest BCUT2D eigenvalue weighted by Gasteiger charge is -2.25. The second-order valence-electron chi connectivity index (χ2n) is 7.60. The molecule has 30 heavy (non-hydrogen) atoms. The Morgan fingerprint density at radius 2 is 1.70 bits per heavy atom. The molecule has 8 heteroatoms. The first-order chi connectivity index (χ1) is 14.1. The van der Waals surface area contributed by atoms with Crippen LogP contribution in [0.5, 0.6) is 5.75 Å². The van der Waals surface area contributed by atoms with Crippen LogP contribution in [0.15, 0.2) is 53.0 Å². The van der Waals surface area contributed by atoms with Gasteiger partial charge in [-0.2, -0.15) is 0 Å². The molecule has 0 aliphatic carbocycles. The van der Waals surface area contributed by atoms with Crippen molar-refractivity contribution in [3.05, 3.63) is 64.1 Å². The number of amides is 1. The number of ketones is 1. The van der Waals surface area contributed by atoms with Crippen molar-refractivity contribution in [2.45, 2.75) is 44.9 Å². The third-order valence-corrected chi connectivity index (χ3v) is 4.54. The van der Waals surface area contributed by atoms with Crippen LogP contribution in [0.3, 0.4) is 0 Å². The lowest BCUT2D eigenvalue weighted by atomic mass is 9.95. The molecule has 0 spiro atoms. The largest absolute Gasteiger partial charge is 0.508 e. The second-order valence-corrected chi connectivity index (χ2v) is 8.52. The van der Waals surface area contributed by atoms with Crippen molar-refractivity contribution >= 4 is 34.3 Å². The predicted molar refractivity (Wildman–Crippen MR) is 114 cm³/mol. The van der Waals surface area contributed by atoms with Crippen LogP contribution < -0.4 is 5.32 Å². The van der Waals surface area contributed by atoms with Gasteiger partial charge in [0.1, 0.15) is 11.4 Å². The summed E-state index contributed by atoms with van der Waals surface area (Å²) >= 11 is 3.31. The SMILES string of the molecule is CC(C)(C)OC(=O)N[C@@H](Cc1ccc(O)cc1)C(=O)C(O[C]=O)c1ccc(Br)cc1. The molecule has 1 radical (unpaired) electrons. The molecule has 0 bridgehead atoms. The molecule has 2 aromatic rings. The van der Waals surface area contributed by atoms with Gasteiger partial charge in [0, 0.05) is 16.5 Å². The number of Topliss-reactive ketones (excluding diaryl/α,β-unsaturated/α-hetero) is 1. The van der Waals surface area contributed by atoms with E-state index in [4.69, 9.17) is 9.47 Å². The molecule has 7 nitrogen and oxygen atoms in total. The Labute approximate surface area is 183 Å². The predicted octanol–water partition coefficient (Wildman–Crippen LogP) is 3.98. The molecule has 2 aromatic carbocycles. The molecule has 0 saturated heterocycles. The monoisotopic (exact) mass is 476 g/mol. The number of phenols is 1. The fraction of sp³-hybridized carbons (Fsp3) is 0.318. The van der Waals surface area contributed by atoms with Crippen molar-refractivity contribution in [2.75, 3.05) is 0 Å². The standard InChI is InChI=1S/C22H23BrNO6/c1-22(2,3)30-21(28)24-18(12-14-4-10-17(26)11-5-14)19(27)20(29-13-25)15-6-8-16(23)9-7-15/h4-11,18,20,26H,12H2,1-3H3,(H,24,28)/t18-,20?/m0/s1. The Hall–Kier alpha value is -2.87. The van der Waals surface area contributed by atoms with E-state index in [0.29, 0.717) is 11.1 Å². The first-order valence-corrected chi connectivity index (χ1v) is 9.98. The number of aromatic hydroxyl groups is 1. The number of alkyl carbamates (subject to hydrolysis) is 1. The second kappa shape index (κ2) is 10.2. The molecule has 0 aliphatic heterocycles. The van der Waals surface area contributed by atoms with Crippen molar-refractivity contribution in [1.82, 2.24) is 5.32 Å². The molecule has 1 unspecified atom stereocenters. The summed E-state index contributed by atoms with van der Waals surface area (Å²) in [5.41, 5.74) is 0.370. The summed E-state index contributed by atoms with van der Waals surface area (Å²) in [5.74, 6) is -0.465. The summed E-state index contributed by atoms with van der Waals surface area (Å²) in [7, 11) is 0. The van der Waals surface area contributed by atoms with Gasteiger partial charge in [-0.25, -0.2) is 9.59 Å². The third kappa shape index (κ3) is 7.18. The number of phenolic OH excluding ortho intramolecular Hbond substituents is 1. The average molecular weight is 477 g/mol. The van der Waals surface area contributed by atoms with Gasteiger partial charge in [0.05, 0.1) is 6.04 Å². The van der Waals surface area contributed by atoms with E-state index in [9.17, 15) is 19.5 Å². The van der Waals surface area contributed by atoms with E-state index in [2.05, 4.69) is 21.2 Å². The van der Waals surface area contributed by atoms with E-state index in [1.165, 1.54) is 18.6 Å². The summed E-state index contributed by atoms with van der Waals surface area (Å²) in [6.45, 7) is 6.44. The molecular weight excluding hydrogens is 454 g/mol. The van der Waals surface area contributed by atoms with E-state index in [-0.39, 0.29) is 12.2 Å². The highest BCUT2D eigenvalue weighted by Crippen LogP contribution is 2.23. The van der Waals surface area contributed by atoms with Gasteiger partial charge in [-0.3, -0.25) is 4.79 Å². The van der Waals surface area contributed by atoms with E-state index < -0.39 is 29.6 Å². The fourth-order valence-electron chi connectivity index (χ4n) is 2.70. The Balaban J connectivity index is 2.32. The van der Waals surface area contributed by atoms with Gasteiger partial charge >= 0.3 is 12.6 Å². The van der Waals surface area contributed by atoms with Gasteiger partial charge in [0.15, 0.2) is 6.10 Å². The van der Waals surface area contributed by atoms with Gasteiger partial charge in [-0.05, 0) is 50.6 Å². The molecule has 2 rings (SSSR count). The zero-order valence-corrected chi connectivity index (χ0v) is 18.4. The summed E-state index contributed by atoms with van der Waals surface area (Å²) < 4.78 is 11.0. The minimum atomic E-state index is -1.26. The number of carbonyl (C=O) groups excluding carboxylic acids is 3. The van der Waals surface area contributed by atoms with Crippen LogP contribution in [0.25, 0.3) is 0 Å². The molecule has 0 aromatic heterocycles. The fourth-order valence-corrected chi connectivity index (χ4v) is 2.96. The number of nitrogens with one attached hydrogen (secondary N) is 1. The number of halogens is 1. The van der Waals surface area contributed by atoms with Crippen LogP contribution in [0.2, 0.25) is 0 Å². The molecule has 159 valence electrons. The van der Waals surface area contributed by atoms with Crippen molar-refractivity contribution in [1.29, 1.82) is 0 Å². The topological polar surface area (TPSA) is 102 Å². The molecule has 1 amide bonds. The maximum absolute atomic E-state index is 13.3. The van der Waals surface area contributed by atoms with Crippen molar-refractivity contribution in [2.24, 2.45) is 0 Å². The third-order valence-electron chi connectivity index (χ3n) is 4.01. The lowest BCUT2D eigenvalue weighted by molar-refractivity contribution is -0.128. The highest BCUT2D eigenvalue weighted by Gasteiger charge is 2.32. The summed E-state index contributed by atoms with van der Waals surface area (Å²) in [5, 5.41) is 12.0. The van der Waals surface area contributed by atoms with Crippen LogP contribution in [0, 0.1) is 0 Å². The lowest BCUT2D eigenvalue weighted by Crippen LogP contribution is -2.46. The number of carbonyl (C=O) groups is 2. The normalized spacial score (nSPS) is 13.1. The summed E-state index contributed by atoms with van der Waals surface area (Å²) in [6.07, 6.45) is -1.93. The van der Waals surface area contributed by atoms with Gasteiger partial charge < -0.3 is 19.9 Å². The molecule has 2 N–H and O–H groups in total. The zero-order valence-electron chi connectivity index (χ0n) is 16.8. The first kappa shape index (κ1) is 23.4. The Morgan fingerprint density at radius 3 is 2.23 bits per heavy atom. The maximum atomic E-state index is 13.3. The number of benzene rings is 2. The van der Waals surface area contributed by atoms with Gasteiger partial charge in [0.2, 0.25) is 5.78 Å².